The van der Waals surface area contributed by atoms with E-state index in [0.29, 0.717) is 29.7 Å². The van der Waals surface area contributed by atoms with E-state index in [1.807, 2.05) is 26.2 Å². The molecule has 0 aliphatic carbocycles. The number of piperidine rings is 1. The molecule has 1 aliphatic rings. The molecule has 0 saturated carbocycles. The van der Waals surface area contributed by atoms with Gasteiger partial charge in [-0.2, -0.15) is 0 Å². The number of aromatic nitrogens is 2. The van der Waals surface area contributed by atoms with Gasteiger partial charge in [-0.3, -0.25) is 5.41 Å². The molecule has 0 spiro atoms. The van der Waals surface area contributed by atoms with Gasteiger partial charge in [-0.15, -0.1) is 0 Å². The van der Waals surface area contributed by atoms with E-state index >= 15 is 0 Å². The quantitative estimate of drug-likeness (QED) is 0.564. The van der Waals surface area contributed by atoms with E-state index in [9.17, 15) is 4.39 Å². The molecule has 1 aromatic heterocycles. The lowest BCUT2D eigenvalue weighted by Gasteiger charge is -2.37. The van der Waals surface area contributed by atoms with Gasteiger partial charge in [-0.25, -0.2) is 14.4 Å². The van der Waals surface area contributed by atoms with Crippen molar-refractivity contribution in [1.29, 1.82) is 5.41 Å². The third kappa shape index (κ3) is 5.53. The van der Waals surface area contributed by atoms with E-state index in [-0.39, 0.29) is 16.5 Å². The van der Waals surface area contributed by atoms with Crippen molar-refractivity contribution in [2.45, 2.75) is 18.9 Å². The van der Waals surface area contributed by atoms with Crippen LogP contribution in [0.15, 0.2) is 30.6 Å². The van der Waals surface area contributed by atoms with Gasteiger partial charge < -0.3 is 20.3 Å². The predicted molar refractivity (Wildman–Crippen MR) is 121 cm³/mol. The first-order chi connectivity index (χ1) is 14.4. The maximum Gasteiger partial charge on any atom is 0.144 e. The summed E-state index contributed by atoms with van der Waals surface area (Å²) in [6.45, 7) is 2.97. The number of benzene rings is 1. The minimum Gasteiger partial charge on any atom is -0.383 e. The summed E-state index contributed by atoms with van der Waals surface area (Å²) in [7, 11) is 4.03. The first kappa shape index (κ1) is 22.6. The van der Waals surface area contributed by atoms with E-state index in [2.05, 4.69) is 35.7 Å². The van der Waals surface area contributed by atoms with Crippen molar-refractivity contribution in [3.8, 4) is 0 Å². The van der Waals surface area contributed by atoms with Crippen molar-refractivity contribution >= 4 is 32.2 Å². The van der Waals surface area contributed by atoms with Gasteiger partial charge in [-0.05, 0) is 66.5 Å². The third-order valence-electron chi connectivity index (χ3n) is 5.38. The Morgan fingerprint density at radius 2 is 1.97 bits per heavy atom. The summed E-state index contributed by atoms with van der Waals surface area (Å²) in [5, 5.41) is 7.96. The van der Waals surface area contributed by atoms with Gasteiger partial charge in [0, 0.05) is 19.6 Å². The van der Waals surface area contributed by atoms with Crippen LogP contribution in [0.2, 0.25) is 0 Å². The Balaban J connectivity index is 1.73. The highest BCUT2D eigenvalue weighted by atomic mass is 79.9. The highest BCUT2D eigenvalue weighted by Crippen LogP contribution is 2.36. The average Bonchev–Trinajstić information content (AvgIpc) is 2.72. The van der Waals surface area contributed by atoms with Gasteiger partial charge in [-0.1, -0.05) is 12.1 Å². The number of nitrogen functional groups attached to an aromatic ring is 1. The monoisotopic (exact) mass is 478 g/mol. The van der Waals surface area contributed by atoms with Gasteiger partial charge in [0.05, 0.1) is 18.3 Å². The minimum absolute atomic E-state index is 0.0860. The molecule has 3 rings (SSSR count). The van der Waals surface area contributed by atoms with E-state index in [0.717, 1.165) is 38.0 Å². The number of nitrogens with two attached hydrogens (primary N) is 1. The van der Waals surface area contributed by atoms with Crippen molar-refractivity contribution in [2.75, 3.05) is 51.0 Å². The highest BCUT2D eigenvalue weighted by Gasteiger charge is 2.30. The average molecular weight is 479 g/mol. The van der Waals surface area contributed by atoms with Crippen LogP contribution in [-0.4, -0.2) is 59.8 Å². The Labute approximate surface area is 185 Å². The summed E-state index contributed by atoms with van der Waals surface area (Å²) < 4.78 is 19.9. The molecule has 162 valence electrons. The molecule has 3 N–H and O–H groups in total. The molecular weight excluding hydrogens is 451 g/mol. The summed E-state index contributed by atoms with van der Waals surface area (Å²) in [6.07, 6.45) is 3.13. The number of hydrogen-bond acceptors (Lipinski definition) is 7. The fraction of sp³-hybridized carbons (Fsp3) is 0.476. The Morgan fingerprint density at radius 3 is 2.57 bits per heavy atom. The number of nitrogens with one attached hydrogen (secondary N) is 1. The second-order valence-electron chi connectivity index (χ2n) is 7.74. The number of halogens is 2. The fourth-order valence-electron chi connectivity index (χ4n) is 3.77. The number of nitrogens with zero attached hydrogens (tertiary/aromatic N) is 4. The van der Waals surface area contributed by atoms with Gasteiger partial charge in [0.25, 0.3) is 0 Å². The first-order valence-corrected chi connectivity index (χ1v) is 10.8. The second-order valence-corrected chi connectivity index (χ2v) is 8.54. The summed E-state index contributed by atoms with van der Waals surface area (Å²) in [6, 6.07) is 6.61. The van der Waals surface area contributed by atoms with Crippen LogP contribution in [0.4, 0.5) is 16.0 Å². The summed E-state index contributed by atoms with van der Waals surface area (Å²) >= 11 is 3.20. The molecule has 1 atom stereocenters. The van der Waals surface area contributed by atoms with Crippen LogP contribution < -0.4 is 10.6 Å². The molecule has 0 amide bonds. The Morgan fingerprint density at radius 1 is 1.30 bits per heavy atom. The molecule has 30 heavy (non-hydrogen) atoms. The molecule has 1 aliphatic heterocycles. The molecule has 7 nitrogen and oxygen atoms in total. The maximum absolute atomic E-state index is 13.4. The molecule has 2 aromatic rings. The lowest BCUT2D eigenvalue weighted by atomic mass is 9.87. The maximum atomic E-state index is 13.4. The number of rotatable bonds is 8. The van der Waals surface area contributed by atoms with Crippen LogP contribution in [0, 0.1) is 17.1 Å². The molecular formula is C21H28BrFN6O. The van der Waals surface area contributed by atoms with E-state index in [1.54, 1.807) is 0 Å². The first-order valence-electron chi connectivity index (χ1n) is 9.98. The smallest absolute Gasteiger partial charge is 0.144 e. The Bertz CT molecular complexity index is 855. The zero-order valence-electron chi connectivity index (χ0n) is 17.3. The molecule has 1 saturated heterocycles. The Hall–Kier alpha value is -2.10. The van der Waals surface area contributed by atoms with Gasteiger partial charge in [0.1, 0.15) is 28.4 Å². The van der Waals surface area contributed by atoms with Crippen molar-refractivity contribution in [1.82, 2.24) is 14.9 Å². The molecule has 0 radical (unpaired) electrons. The van der Waals surface area contributed by atoms with Crippen LogP contribution in [0.1, 0.15) is 30.1 Å². The topological polar surface area (TPSA) is 91.4 Å². The van der Waals surface area contributed by atoms with Crippen molar-refractivity contribution in [2.24, 2.45) is 5.92 Å². The lowest BCUT2D eigenvalue weighted by Crippen LogP contribution is -2.38. The van der Waals surface area contributed by atoms with Gasteiger partial charge >= 0.3 is 0 Å². The normalized spacial score (nSPS) is 16.1. The standard InChI is InChI=1S/C21H28BrFN6O/c1-28(2)11-12-30-18(14-3-5-16(23)6-4-14)15-7-9-29(10-8-15)21-17(19(22)24)20(25)26-13-27-21/h3-6,13,15,18,24H,7-12H2,1-2H3,(H2,25,26,27). The molecule has 0 bridgehead atoms. The SMILES string of the molecule is CN(C)CCOC(c1ccc(F)cc1)C1CCN(c2ncnc(N)c2C(=N)Br)CC1. The van der Waals surface area contributed by atoms with Crippen LogP contribution >= 0.6 is 15.9 Å². The number of likely N-dealkylation sites (N-methyl/N-ethyl adjacent to an activating group) is 1. The molecule has 2 heterocycles. The largest absolute Gasteiger partial charge is 0.383 e. The number of anilines is 2. The molecule has 1 unspecified atom stereocenters. The minimum atomic E-state index is -0.244. The van der Waals surface area contributed by atoms with Crippen molar-refractivity contribution < 1.29 is 9.13 Å². The molecule has 1 aromatic carbocycles. The van der Waals surface area contributed by atoms with Crippen LogP contribution in [0.25, 0.3) is 0 Å². The predicted octanol–water partition coefficient (Wildman–Crippen LogP) is 3.45. The van der Waals surface area contributed by atoms with Crippen LogP contribution in [0.3, 0.4) is 0 Å². The number of hydrogen-bond donors (Lipinski definition) is 2. The highest BCUT2D eigenvalue weighted by molar-refractivity contribution is 9.18. The van der Waals surface area contributed by atoms with E-state index in [4.69, 9.17) is 15.9 Å². The molecule has 1 fully saturated rings. The van der Waals surface area contributed by atoms with E-state index in [1.165, 1.54) is 18.5 Å². The zero-order valence-corrected chi connectivity index (χ0v) is 18.9. The summed E-state index contributed by atoms with van der Waals surface area (Å²) in [5.74, 6) is 1.03. The van der Waals surface area contributed by atoms with Gasteiger partial charge in [0.2, 0.25) is 0 Å². The number of ether oxygens (including phenoxy) is 1. The van der Waals surface area contributed by atoms with Gasteiger partial charge in [0.15, 0.2) is 0 Å². The van der Waals surface area contributed by atoms with Crippen molar-refractivity contribution in [3.05, 3.63) is 47.5 Å². The lowest BCUT2D eigenvalue weighted by molar-refractivity contribution is -0.00310. The Kier molecular flexibility index (Phi) is 7.74. The molecule has 9 heteroatoms. The van der Waals surface area contributed by atoms with Crippen molar-refractivity contribution in [3.63, 3.8) is 0 Å². The zero-order chi connectivity index (χ0) is 21.7. The second kappa shape index (κ2) is 10.3. The van der Waals surface area contributed by atoms with Crippen LogP contribution in [0.5, 0.6) is 0 Å². The third-order valence-corrected chi connectivity index (χ3v) is 5.77. The van der Waals surface area contributed by atoms with Crippen LogP contribution in [-0.2, 0) is 4.74 Å². The fourth-order valence-corrected chi connectivity index (χ4v) is 4.15. The summed E-state index contributed by atoms with van der Waals surface area (Å²) in [4.78, 5) is 12.6. The van der Waals surface area contributed by atoms with E-state index < -0.39 is 0 Å². The summed E-state index contributed by atoms with van der Waals surface area (Å²) in [5.41, 5.74) is 7.49.